The van der Waals surface area contributed by atoms with Gasteiger partial charge in [-0.1, -0.05) is 12.2 Å². The summed E-state index contributed by atoms with van der Waals surface area (Å²) >= 11 is 0. The van der Waals surface area contributed by atoms with Crippen LogP contribution in [0.15, 0.2) is 12.2 Å². The van der Waals surface area contributed by atoms with E-state index in [0.717, 1.165) is 0 Å². The fraction of sp³-hybridized carbons (Fsp3) is 0.625. The fourth-order valence-corrected chi connectivity index (χ4v) is 0.693. The van der Waals surface area contributed by atoms with Gasteiger partial charge in [-0.05, 0) is 19.8 Å². The number of hydrogen-bond acceptors (Lipinski definition) is 2. The largest absolute Gasteiger partial charge is 0.481 e. The van der Waals surface area contributed by atoms with Crippen molar-refractivity contribution in [1.82, 2.24) is 0 Å². The van der Waals surface area contributed by atoms with Crippen molar-refractivity contribution in [3.63, 3.8) is 0 Å². The van der Waals surface area contributed by atoms with Crippen molar-refractivity contribution in [3.05, 3.63) is 12.2 Å². The third-order valence-electron chi connectivity index (χ3n) is 1.44. The van der Waals surface area contributed by atoms with Crippen molar-refractivity contribution in [1.29, 1.82) is 0 Å². The first kappa shape index (κ1) is 10.2. The number of aliphatic hydroxyl groups excluding tert-OH is 1. The summed E-state index contributed by atoms with van der Waals surface area (Å²) in [6.45, 7) is 5.28. The predicted molar refractivity (Wildman–Crippen MR) is 42.3 cm³/mol. The van der Waals surface area contributed by atoms with Crippen LogP contribution in [0.3, 0.4) is 0 Å². The minimum absolute atomic E-state index is 0.115. The number of carboxylic acids is 1. The summed E-state index contributed by atoms with van der Waals surface area (Å²) in [5.74, 6) is -0.820. The lowest BCUT2D eigenvalue weighted by atomic mass is 10.1. The minimum atomic E-state index is -0.820. The third kappa shape index (κ3) is 5.61. The molecule has 0 fully saturated rings. The van der Waals surface area contributed by atoms with E-state index in [0.29, 0.717) is 18.4 Å². The van der Waals surface area contributed by atoms with Gasteiger partial charge in [-0.3, -0.25) is 4.79 Å². The van der Waals surface area contributed by atoms with Crippen LogP contribution in [0, 0.1) is 0 Å². The normalized spacial score (nSPS) is 12.5. The van der Waals surface area contributed by atoms with Gasteiger partial charge in [0, 0.05) is 6.42 Å². The van der Waals surface area contributed by atoms with Crippen molar-refractivity contribution in [2.75, 3.05) is 0 Å². The average molecular weight is 158 g/mol. The lowest BCUT2D eigenvalue weighted by Gasteiger charge is -2.07. The summed E-state index contributed by atoms with van der Waals surface area (Å²) in [6.07, 6.45) is 0.560. The molecule has 0 bridgehead atoms. The molecule has 3 heteroatoms. The van der Waals surface area contributed by atoms with Crippen LogP contribution in [0.1, 0.15) is 26.2 Å². The van der Waals surface area contributed by atoms with Crippen LogP contribution in [-0.2, 0) is 4.79 Å². The Morgan fingerprint density at radius 2 is 2.18 bits per heavy atom. The van der Waals surface area contributed by atoms with E-state index in [1.165, 1.54) is 0 Å². The SMILES string of the molecule is C=C(C)C(O)CCCC(=O)O. The molecular weight excluding hydrogens is 144 g/mol. The van der Waals surface area contributed by atoms with Gasteiger partial charge in [-0.2, -0.15) is 0 Å². The van der Waals surface area contributed by atoms with Crippen LogP contribution in [0.5, 0.6) is 0 Å². The van der Waals surface area contributed by atoms with Gasteiger partial charge in [0.1, 0.15) is 0 Å². The molecule has 0 saturated heterocycles. The van der Waals surface area contributed by atoms with E-state index in [9.17, 15) is 4.79 Å². The van der Waals surface area contributed by atoms with Crippen LogP contribution in [-0.4, -0.2) is 22.3 Å². The minimum Gasteiger partial charge on any atom is -0.481 e. The van der Waals surface area contributed by atoms with Crippen molar-refractivity contribution < 1.29 is 15.0 Å². The summed E-state index contributed by atoms with van der Waals surface area (Å²) < 4.78 is 0. The quantitative estimate of drug-likeness (QED) is 0.590. The molecule has 11 heavy (non-hydrogen) atoms. The second-order valence-corrected chi connectivity index (χ2v) is 2.65. The van der Waals surface area contributed by atoms with Crippen molar-refractivity contribution in [2.45, 2.75) is 32.3 Å². The smallest absolute Gasteiger partial charge is 0.303 e. The van der Waals surface area contributed by atoms with Crippen molar-refractivity contribution in [2.24, 2.45) is 0 Å². The predicted octanol–water partition coefficient (Wildman–Crippen LogP) is 1.18. The summed E-state index contributed by atoms with van der Waals surface area (Å²) in [4.78, 5) is 10.0. The van der Waals surface area contributed by atoms with Crippen LogP contribution in [0.2, 0.25) is 0 Å². The molecule has 1 atom stereocenters. The van der Waals surface area contributed by atoms with Gasteiger partial charge in [0.25, 0.3) is 0 Å². The Morgan fingerprint density at radius 1 is 1.64 bits per heavy atom. The van der Waals surface area contributed by atoms with Gasteiger partial charge in [0.15, 0.2) is 0 Å². The molecule has 1 unspecified atom stereocenters. The molecule has 2 N–H and O–H groups in total. The first-order valence-corrected chi connectivity index (χ1v) is 3.59. The Kier molecular flexibility index (Phi) is 4.54. The molecule has 0 aromatic heterocycles. The van der Waals surface area contributed by atoms with Crippen LogP contribution >= 0.6 is 0 Å². The zero-order valence-electron chi connectivity index (χ0n) is 6.71. The third-order valence-corrected chi connectivity index (χ3v) is 1.44. The van der Waals surface area contributed by atoms with Crippen LogP contribution < -0.4 is 0 Å². The second kappa shape index (κ2) is 4.91. The number of aliphatic carboxylic acids is 1. The van der Waals surface area contributed by atoms with E-state index < -0.39 is 12.1 Å². The lowest BCUT2D eigenvalue weighted by Crippen LogP contribution is -2.07. The molecule has 0 aromatic rings. The molecule has 64 valence electrons. The molecule has 0 amide bonds. The fourth-order valence-electron chi connectivity index (χ4n) is 0.693. The Morgan fingerprint density at radius 3 is 2.55 bits per heavy atom. The Labute approximate surface area is 66.4 Å². The number of rotatable bonds is 5. The van der Waals surface area contributed by atoms with Crippen molar-refractivity contribution in [3.8, 4) is 0 Å². The molecule has 0 aromatic carbocycles. The van der Waals surface area contributed by atoms with Crippen molar-refractivity contribution >= 4 is 5.97 Å². The monoisotopic (exact) mass is 158 g/mol. The molecule has 0 radical (unpaired) electrons. The van der Waals surface area contributed by atoms with E-state index >= 15 is 0 Å². The molecule has 0 saturated carbocycles. The van der Waals surface area contributed by atoms with E-state index in [4.69, 9.17) is 10.2 Å². The maximum absolute atomic E-state index is 10.0. The zero-order valence-corrected chi connectivity index (χ0v) is 6.71. The molecule has 0 rings (SSSR count). The molecule has 3 nitrogen and oxygen atoms in total. The molecular formula is C8H14O3. The number of aliphatic hydroxyl groups is 1. The summed E-state index contributed by atoms with van der Waals surface area (Å²) in [5.41, 5.74) is 0.690. The highest BCUT2D eigenvalue weighted by atomic mass is 16.4. The standard InChI is InChI=1S/C8H14O3/c1-6(2)7(9)4-3-5-8(10)11/h7,9H,1,3-5H2,2H3,(H,10,11). The molecule has 0 spiro atoms. The van der Waals surface area contributed by atoms with Gasteiger partial charge in [-0.25, -0.2) is 0 Å². The summed E-state index contributed by atoms with van der Waals surface area (Å²) in [7, 11) is 0. The summed E-state index contributed by atoms with van der Waals surface area (Å²) in [6, 6.07) is 0. The Balaban J connectivity index is 3.39. The van der Waals surface area contributed by atoms with Crippen LogP contribution in [0.25, 0.3) is 0 Å². The Bertz CT molecular complexity index is 151. The number of carbonyl (C=O) groups is 1. The Hall–Kier alpha value is -0.830. The van der Waals surface area contributed by atoms with Crippen LogP contribution in [0.4, 0.5) is 0 Å². The molecule has 0 heterocycles. The van der Waals surface area contributed by atoms with E-state index in [-0.39, 0.29) is 6.42 Å². The highest BCUT2D eigenvalue weighted by Crippen LogP contribution is 2.07. The molecule has 0 aliphatic heterocycles. The van der Waals surface area contributed by atoms with Gasteiger partial charge in [0.05, 0.1) is 6.10 Å². The highest BCUT2D eigenvalue weighted by molar-refractivity contribution is 5.66. The number of carboxylic acid groups (broad SMARTS) is 1. The van der Waals surface area contributed by atoms with Gasteiger partial charge < -0.3 is 10.2 Å². The first-order chi connectivity index (χ1) is 5.04. The number of hydrogen-bond donors (Lipinski definition) is 2. The maximum atomic E-state index is 10.0. The maximum Gasteiger partial charge on any atom is 0.303 e. The first-order valence-electron chi connectivity index (χ1n) is 3.59. The van der Waals surface area contributed by atoms with E-state index in [1.54, 1.807) is 6.92 Å². The molecule has 0 aliphatic carbocycles. The van der Waals surface area contributed by atoms with E-state index in [2.05, 4.69) is 6.58 Å². The van der Waals surface area contributed by atoms with Gasteiger partial charge in [0.2, 0.25) is 0 Å². The lowest BCUT2D eigenvalue weighted by molar-refractivity contribution is -0.137. The summed E-state index contributed by atoms with van der Waals surface area (Å²) in [5, 5.41) is 17.4. The van der Waals surface area contributed by atoms with Gasteiger partial charge in [-0.15, -0.1) is 0 Å². The average Bonchev–Trinajstić information content (AvgIpc) is 1.86. The zero-order chi connectivity index (χ0) is 8.85. The molecule has 0 aliphatic rings. The van der Waals surface area contributed by atoms with Gasteiger partial charge >= 0.3 is 5.97 Å². The topological polar surface area (TPSA) is 57.5 Å². The van der Waals surface area contributed by atoms with E-state index in [1.807, 2.05) is 0 Å². The second-order valence-electron chi connectivity index (χ2n) is 2.65. The highest BCUT2D eigenvalue weighted by Gasteiger charge is 2.05.